The molecule has 3 unspecified atom stereocenters. The number of carboxylic acid groups (broad SMARTS) is 1. The first-order chi connectivity index (χ1) is 15.8. The van der Waals surface area contributed by atoms with Gasteiger partial charge in [-0.05, 0) is 27.4 Å². The number of hydrogen-bond donors (Lipinski definition) is 4. The highest BCUT2D eigenvalue weighted by Gasteiger charge is 2.54. The summed E-state index contributed by atoms with van der Waals surface area (Å²) in [6.07, 6.45) is 0. The number of thiophene rings is 1. The van der Waals surface area contributed by atoms with E-state index in [9.17, 15) is 24.3 Å². The van der Waals surface area contributed by atoms with Gasteiger partial charge in [-0.2, -0.15) is 0 Å². The van der Waals surface area contributed by atoms with Crippen molar-refractivity contribution >= 4 is 58.7 Å². The number of hydrogen-bond acceptors (Lipinski definition) is 10. The Hall–Kier alpha value is -3.11. The van der Waals surface area contributed by atoms with Gasteiger partial charge in [0.25, 0.3) is 5.91 Å². The van der Waals surface area contributed by atoms with Gasteiger partial charge >= 0.3 is 12.0 Å². The monoisotopic (exact) mass is 510 g/mol. The number of amides is 4. The van der Waals surface area contributed by atoms with Gasteiger partial charge < -0.3 is 21.5 Å². The number of fused-ring (bicyclic) bond motifs is 1. The summed E-state index contributed by atoms with van der Waals surface area (Å²) >= 11 is 3.86. The number of carbonyl (C=O) groups is 4. The molecule has 2 aliphatic rings. The quantitative estimate of drug-likeness (QED) is 0.267. The molecule has 4 rings (SSSR count). The van der Waals surface area contributed by atoms with Crippen LogP contribution in [0.15, 0.2) is 33.9 Å². The van der Waals surface area contributed by atoms with E-state index in [1.54, 1.807) is 24.6 Å². The lowest BCUT2D eigenvalue weighted by Gasteiger charge is -2.49. The van der Waals surface area contributed by atoms with Crippen LogP contribution in [0.25, 0.3) is 0 Å². The Morgan fingerprint density at radius 3 is 2.82 bits per heavy atom. The first kappa shape index (κ1) is 23.1. The van der Waals surface area contributed by atoms with E-state index in [0.29, 0.717) is 27.1 Å². The van der Waals surface area contributed by atoms with Gasteiger partial charge in [-0.15, -0.1) is 28.2 Å². The second kappa shape index (κ2) is 9.40. The van der Waals surface area contributed by atoms with Gasteiger partial charge in [-0.25, -0.2) is 14.3 Å². The van der Waals surface area contributed by atoms with Crippen LogP contribution in [0.4, 0.5) is 4.79 Å². The van der Waals surface area contributed by atoms with Gasteiger partial charge in [0.05, 0.1) is 0 Å². The molecular weight excluding hydrogens is 492 g/mol. The highest BCUT2D eigenvalue weighted by molar-refractivity contribution is 8.01. The molecule has 0 aromatic carbocycles. The van der Waals surface area contributed by atoms with E-state index in [0.717, 1.165) is 0 Å². The molecule has 1 saturated heterocycles. The fourth-order valence-electron chi connectivity index (χ4n) is 3.39. The van der Waals surface area contributed by atoms with Gasteiger partial charge in [0.15, 0.2) is 0 Å². The molecule has 16 heteroatoms. The van der Waals surface area contributed by atoms with Crippen LogP contribution in [-0.2, 0) is 21.4 Å². The Labute approximate surface area is 199 Å². The lowest BCUT2D eigenvalue weighted by Crippen LogP contribution is -2.71. The van der Waals surface area contributed by atoms with Crippen LogP contribution >= 0.6 is 34.9 Å². The van der Waals surface area contributed by atoms with Crippen LogP contribution < -0.4 is 16.4 Å². The summed E-state index contributed by atoms with van der Waals surface area (Å²) in [6.45, 7) is 0. The number of thioether (sulfide) groups is 2. The Morgan fingerprint density at radius 2 is 2.21 bits per heavy atom. The maximum atomic E-state index is 12.9. The van der Waals surface area contributed by atoms with Crippen LogP contribution in [0.3, 0.4) is 0 Å². The molecule has 4 heterocycles. The summed E-state index contributed by atoms with van der Waals surface area (Å²) in [5.41, 5.74) is 5.66. The van der Waals surface area contributed by atoms with Crippen LogP contribution in [0, 0.1) is 0 Å². The largest absolute Gasteiger partial charge is 0.477 e. The molecule has 2 aromatic rings. The van der Waals surface area contributed by atoms with Gasteiger partial charge in [-0.3, -0.25) is 14.5 Å². The number of carbonyl (C=O) groups excluding carboxylic acids is 3. The van der Waals surface area contributed by atoms with Crippen molar-refractivity contribution in [1.82, 2.24) is 35.7 Å². The lowest BCUT2D eigenvalue weighted by atomic mass is 10.0. The Balaban J connectivity index is 1.48. The molecule has 2 aliphatic heterocycles. The number of primary amides is 1. The number of nitrogens with one attached hydrogen (secondary N) is 2. The molecule has 0 spiro atoms. The molecular formula is C17H18N8O5S3. The molecule has 4 amide bonds. The molecule has 5 N–H and O–H groups in total. The maximum Gasteiger partial charge on any atom is 0.352 e. The zero-order chi connectivity index (χ0) is 23.7. The van der Waals surface area contributed by atoms with Gasteiger partial charge in [0, 0.05) is 23.4 Å². The summed E-state index contributed by atoms with van der Waals surface area (Å²) in [7, 11) is 1.67. The minimum atomic E-state index is -1.23. The van der Waals surface area contributed by atoms with E-state index in [1.807, 2.05) is 0 Å². The average Bonchev–Trinajstić information content (AvgIpc) is 3.45. The predicted octanol–water partition coefficient (Wildman–Crippen LogP) is -0.488. The molecule has 0 saturated carbocycles. The Kier molecular flexibility index (Phi) is 6.57. The molecule has 2 aromatic heterocycles. The third kappa shape index (κ3) is 4.53. The van der Waals surface area contributed by atoms with E-state index >= 15 is 0 Å². The number of rotatable bonds is 8. The standard InChI is InChI=1S/C17H18N8O5S3/c1-24-17(21-22-23-24)33-6-7-5-32-14-10(13(27)25(14)11(7)15(28)29)19-12(26)9(20-16(18)30)8-3-2-4-31-8/h2-4,9-10,14H,5-6H2,1H3,(H,19,26)(H,28,29)(H3,18,20,30). The summed E-state index contributed by atoms with van der Waals surface area (Å²) in [5, 5.41) is 27.6. The highest BCUT2D eigenvalue weighted by atomic mass is 32.2. The highest BCUT2D eigenvalue weighted by Crippen LogP contribution is 2.41. The van der Waals surface area contributed by atoms with E-state index in [-0.39, 0.29) is 5.70 Å². The fourth-order valence-corrected chi connectivity index (χ4v) is 6.50. The van der Waals surface area contributed by atoms with Crippen molar-refractivity contribution in [3.63, 3.8) is 0 Å². The van der Waals surface area contributed by atoms with Crippen molar-refractivity contribution in [2.45, 2.75) is 22.6 Å². The van der Waals surface area contributed by atoms with Crippen LogP contribution in [-0.4, -0.2) is 76.9 Å². The third-order valence-corrected chi connectivity index (χ3v) is 8.25. The molecule has 174 valence electrons. The zero-order valence-electron chi connectivity index (χ0n) is 17.0. The topological polar surface area (TPSA) is 185 Å². The number of β-lactam (4-membered cyclic amide) rings is 1. The summed E-state index contributed by atoms with van der Waals surface area (Å²) in [6, 6.07) is 0.521. The van der Waals surface area contributed by atoms with Crippen LogP contribution in [0.2, 0.25) is 0 Å². The van der Waals surface area contributed by atoms with Crippen molar-refractivity contribution in [2.75, 3.05) is 11.5 Å². The minimum Gasteiger partial charge on any atom is -0.477 e. The fraction of sp³-hybridized carbons (Fsp3) is 0.353. The van der Waals surface area contributed by atoms with E-state index in [1.165, 1.54) is 44.4 Å². The molecule has 0 aliphatic carbocycles. The molecule has 1 fully saturated rings. The molecule has 33 heavy (non-hydrogen) atoms. The predicted molar refractivity (Wildman–Crippen MR) is 119 cm³/mol. The molecule has 13 nitrogen and oxygen atoms in total. The summed E-state index contributed by atoms with van der Waals surface area (Å²) in [4.78, 5) is 50.8. The number of aryl methyl sites for hydroxylation is 1. The Morgan fingerprint density at radius 1 is 1.42 bits per heavy atom. The normalized spacial score (nSPS) is 20.6. The number of carboxylic acids is 1. The van der Waals surface area contributed by atoms with E-state index in [2.05, 4.69) is 26.2 Å². The van der Waals surface area contributed by atoms with E-state index < -0.39 is 41.3 Å². The third-order valence-electron chi connectivity index (χ3n) is 4.88. The van der Waals surface area contributed by atoms with Crippen molar-refractivity contribution < 1.29 is 24.3 Å². The van der Waals surface area contributed by atoms with Crippen molar-refractivity contribution in [2.24, 2.45) is 12.8 Å². The number of aromatic nitrogens is 4. The van der Waals surface area contributed by atoms with Gasteiger partial charge in [-0.1, -0.05) is 17.8 Å². The van der Waals surface area contributed by atoms with Crippen molar-refractivity contribution in [3.8, 4) is 0 Å². The number of urea groups is 1. The Bertz CT molecular complexity index is 1130. The number of tetrazole rings is 1. The zero-order valence-corrected chi connectivity index (χ0v) is 19.4. The number of aliphatic carboxylic acids is 1. The van der Waals surface area contributed by atoms with Crippen LogP contribution in [0.1, 0.15) is 10.9 Å². The maximum absolute atomic E-state index is 12.9. The van der Waals surface area contributed by atoms with Crippen molar-refractivity contribution in [1.29, 1.82) is 0 Å². The summed E-state index contributed by atoms with van der Waals surface area (Å²) in [5.74, 6) is -1.72. The van der Waals surface area contributed by atoms with Gasteiger partial charge in [0.1, 0.15) is 23.2 Å². The lowest BCUT2D eigenvalue weighted by molar-refractivity contribution is -0.150. The number of nitrogens with zero attached hydrogens (tertiary/aromatic N) is 5. The van der Waals surface area contributed by atoms with Crippen LogP contribution in [0.5, 0.6) is 0 Å². The first-order valence-corrected chi connectivity index (χ1v) is 12.3. The van der Waals surface area contributed by atoms with E-state index in [4.69, 9.17) is 5.73 Å². The second-order valence-corrected chi connectivity index (χ2v) is 10.0. The average molecular weight is 511 g/mol. The minimum absolute atomic E-state index is 0.0954. The SMILES string of the molecule is Cn1nnnc1SCC1=C(C(=O)O)N2C(=O)C(NC(=O)C(NC(N)=O)c3cccs3)C2SC1. The second-order valence-electron chi connectivity index (χ2n) is 6.98. The number of nitrogens with two attached hydrogens (primary N) is 1. The smallest absolute Gasteiger partial charge is 0.352 e. The molecule has 0 radical (unpaired) electrons. The molecule has 0 bridgehead atoms. The summed E-state index contributed by atoms with van der Waals surface area (Å²) < 4.78 is 1.47. The van der Waals surface area contributed by atoms with Crippen molar-refractivity contribution in [3.05, 3.63) is 33.7 Å². The van der Waals surface area contributed by atoms with Gasteiger partial charge in [0.2, 0.25) is 11.1 Å². The first-order valence-electron chi connectivity index (χ1n) is 9.42. The molecule has 3 atom stereocenters.